The van der Waals surface area contributed by atoms with Gasteiger partial charge in [0, 0.05) is 4.88 Å². The third kappa shape index (κ3) is 1.94. The van der Waals surface area contributed by atoms with Crippen molar-refractivity contribution in [1.82, 2.24) is 0 Å². The molecule has 1 rings (SSSR count). The van der Waals surface area contributed by atoms with Gasteiger partial charge in [-0.15, -0.1) is 11.3 Å². The van der Waals surface area contributed by atoms with Gasteiger partial charge in [-0.2, -0.15) is 0 Å². The van der Waals surface area contributed by atoms with Gasteiger partial charge in [0.15, 0.2) is 0 Å². The number of rotatable bonds is 2. The molecule has 2 nitrogen and oxygen atoms in total. The Hall–Kier alpha value is -0.540. The summed E-state index contributed by atoms with van der Waals surface area (Å²) in [6.45, 7) is 1.64. The van der Waals surface area contributed by atoms with Crippen LogP contribution in [0.2, 0.25) is 4.34 Å². The third-order valence-corrected chi connectivity index (χ3v) is 2.81. The van der Waals surface area contributed by atoms with Crippen molar-refractivity contribution >= 4 is 28.9 Å². The lowest BCUT2D eigenvalue weighted by atomic mass is 10.1. The van der Waals surface area contributed by atoms with Gasteiger partial charge in [0.05, 0.1) is 10.3 Å². The van der Waals surface area contributed by atoms with E-state index in [0.29, 0.717) is 4.34 Å². The van der Waals surface area contributed by atoms with Crippen molar-refractivity contribution in [2.24, 2.45) is 0 Å². The van der Waals surface area contributed by atoms with Crippen LogP contribution in [0.1, 0.15) is 17.7 Å². The Morgan fingerprint density at radius 3 is 2.73 bits per heavy atom. The van der Waals surface area contributed by atoms with Gasteiger partial charge in [-0.1, -0.05) is 11.6 Å². The van der Waals surface area contributed by atoms with Crippen LogP contribution in [-0.2, 0) is 4.79 Å². The minimum absolute atomic E-state index is 0.451. The van der Waals surface area contributed by atoms with Gasteiger partial charge in [0.1, 0.15) is 0 Å². The number of hydrogen-bond donors (Lipinski definition) is 1. The SMILES string of the molecule is C[C@@H](C(=O)O)c1ccc(Cl)s1. The van der Waals surface area contributed by atoms with Crippen molar-refractivity contribution in [1.29, 1.82) is 0 Å². The Balaban J connectivity index is 2.84. The molecule has 0 bridgehead atoms. The van der Waals surface area contributed by atoms with Crippen molar-refractivity contribution in [2.45, 2.75) is 12.8 Å². The molecule has 0 radical (unpaired) electrons. The minimum atomic E-state index is -0.816. The predicted octanol–water partition coefficient (Wildman–Crippen LogP) is 2.59. The topological polar surface area (TPSA) is 37.3 Å². The monoisotopic (exact) mass is 190 g/mol. The number of thiophene rings is 1. The van der Waals surface area contributed by atoms with Gasteiger partial charge in [0.25, 0.3) is 0 Å². The van der Waals surface area contributed by atoms with E-state index in [9.17, 15) is 4.79 Å². The summed E-state index contributed by atoms with van der Waals surface area (Å²) in [4.78, 5) is 11.3. The maximum Gasteiger partial charge on any atom is 0.311 e. The number of carboxylic acids is 1. The molecule has 11 heavy (non-hydrogen) atoms. The average Bonchev–Trinajstić information content (AvgIpc) is 2.34. The van der Waals surface area contributed by atoms with Gasteiger partial charge < -0.3 is 5.11 Å². The molecule has 0 unspecified atom stereocenters. The largest absolute Gasteiger partial charge is 0.481 e. The van der Waals surface area contributed by atoms with Crippen LogP contribution in [0.3, 0.4) is 0 Å². The molecule has 0 aliphatic heterocycles. The number of halogens is 1. The van der Waals surface area contributed by atoms with Gasteiger partial charge >= 0.3 is 5.97 Å². The zero-order valence-electron chi connectivity index (χ0n) is 5.87. The Morgan fingerprint density at radius 1 is 1.73 bits per heavy atom. The van der Waals surface area contributed by atoms with E-state index in [1.807, 2.05) is 0 Å². The van der Waals surface area contributed by atoms with Gasteiger partial charge in [0.2, 0.25) is 0 Å². The fraction of sp³-hybridized carbons (Fsp3) is 0.286. The average molecular weight is 191 g/mol. The quantitative estimate of drug-likeness (QED) is 0.779. The van der Waals surface area contributed by atoms with Crippen molar-refractivity contribution in [3.05, 3.63) is 21.3 Å². The van der Waals surface area contributed by atoms with Crippen LogP contribution in [0.15, 0.2) is 12.1 Å². The number of carboxylic acid groups (broad SMARTS) is 1. The molecule has 1 aromatic heterocycles. The molecule has 0 saturated heterocycles. The summed E-state index contributed by atoms with van der Waals surface area (Å²) < 4.78 is 0.633. The van der Waals surface area contributed by atoms with E-state index in [1.54, 1.807) is 19.1 Å². The molecule has 1 aromatic rings. The second kappa shape index (κ2) is 3.24. The molecule has 1 N–H and O–H groups in total. The van der Waals surface area contributed by atoms with Crippen LogP contribution in [0.4, 0.5) is 0 Å². The maximum absolute atomic E-state index is 10.5. The molecule has 0 aliphatic carbocycles. The molecule has 1 heterocycles. The zero-order valence-corrected chi connectivity index (χ0v) is 7.45. The summed E-state index contributed by atoms with van der Waals surface area (Å²) in [6, 6.07) is 3.45. The van der Waals surface area contributed by atoms with E-state index in [-0.39, 0.29) is 0 Å². The van der Waals surface area contributed by atoms with Crippen molar-refractivity contribution in [3.63, 3.8) is 0 Å². The molecule has 1 atom stereocenters. The lowest BCUT2D eigenvalue weighted by molar-refractivity contribution is -0.138. The van der Waals surface area contributed by atoms with Crippen molar-refractivity contribution in [3.8, 4) is 0 Å². The standard InChI is InChI=1S/C7H7ClO2S/c1-4(7(9)10)5-2-3-6(8)11-5/h2-4H,1H3,(H,9,10)/t4-/m1/s1. The highest BCUT2D eigenvalue weighted by molar-refractivity contribution is 7.16. The molecule has 0 amide bonds. The molecule has 60 valence electrons. The van der Waals surface area contributed by atoms with Crippen molar-refractivity contribution < 1.29 is 9.90 Å². The lowest BCUT2D eigenvalue weighted by Gasteiger charge is -1.99. The maximum atomic E-state index is 10.5. The van der Waals surface area contributed by atoms with Gasteiger partial charge in [-0.05, 0) is 19.1 Å². The Labute approximate surface area is 73.4 Å². The molecule has 0 aliphatic rings. The van der Waals surface area contributed by atoms with Crippen LogP contribution in [0.5, 0.6) is 0 Å². The minimum Gasteiger partial charge on any atom is -0.481 e. The summed E-state index contributed by atoms with van der Waals surface area (Å²) in [7, 11) is 0. The molecule has 4 heteroatoms. The fourth-order valence-corrected chi connectivity index (χ4v) is 1.79. The first-order valence-electron chi connectivity index (χ1n) is 3.09. The highest BCUT2D eigenvalue weighted by Gasteiger charge is 2.14. The van der Waals surface area contributed by atoms with Crippen LogP contribution in [0, 0.1) is 0 Å². The number of aliphatic carboxylic acids is 1. The number of carbonyl (C=O) groups is 1. The lowest BCUT2D eigenvalue weighted by Crippen LogP contribution is -2.04. The number of hydrogen-bond acceptors (Lipinski definition) is 2. The summed E-state index contributed by atoms with van der Waals surface area (Å²) in [6.07, 6.45) is 0. The van der Waals surface area contributed by atoms with Crippen LogP contribution in [-0.4, -0.2) is 11.1 Å². The molecular weight excluding hydrogens is 184 g/mol. The summed E-state index contributed by atoms with van der Waals surface area (Å²) in [5.41, 5.74) is 0. The Kier molecular flexibility index (Phi) is 2.52. The molecule has 0 saturated carbocycles. The Bertz CT molecular complexity index is 269. The summed E-state index contributed by atoms with van der Waals surface area (Å²) in [5, 5.41) is 8.61. The van der Waals surface area contributed by atoms with Gasteiger partial charge in [-0.3, -0.25) is 4.79 Å². The zero-order chi connectivity index (χ0) is 8.43. The van der Waals surface area contributed by atoms with Crippen molar-refractivity contribution in [2.75, 3.05) is 0 Å². The molecular formula is C7H7ClO2S. The second-order valence-corrected chi connectivity index (χ2v) is 3.95. The summed E-state index contributed by atoms with van der Waals surface area (Å²) >= 11 is 6.94. The fourth-order valence-electron chi connectivity index (χ4n) is 0.683. The van der Waals surface area contributed by atoms with Gasteiger partial charge in [-0.25, -0.2) is 0 Å². The smallest absolute Gasteiger partial charge is 0.311 e. The molecule has 0 aromatic carbocycles. The summed E-state index contributed by atoms with van der Waals surface area (Å²) in [5.74, 6) is -1.27. The van der Waals surface area contributed by atoms with E-state index < -0.39 is 11.9 Å². The normalized spacial score (nSPS) is 12.9. The second-order valence-electron chi connectivity index (χ2n) is 2.20. The molecule has 0 spiro atoms. The molecule has 0 fully saturated rings. The van der Waals surface area contributed by atoms with E-state index in [2.05, 4.69) is 0 Å². The first kappa shape index (κ1) is 8.56. The van der Waals surface area contributed by atoms with Crippen LogP contribution in [0.25, 0.3) is 0 Å². The Morgan fingerprint density at radius 2 is 2.36 bits per heavy atom. The van der Waals surface area contributed by atoms with E-state index >= 15 is 0 Å². The highest BCUT2D eigenvalue weighted by Crippen LogP contribution is 2.27. The third-order valence-electron chi connectivity index (χ3n) is 1.39. The highest BCUT2D eigenvalue weighted by atomic mass is 35.5. The van der Waals surface area contributed by atoms with Crippen LogP contribution >= 0.6 is 22.9 Å². The predicted molar refractivity (Wildman–Crippen MR) is 45.4 cm³/mol. The van der Waals surface area contributed by atoms with Crippen LogP contribution < -0.4 is 0 Å². The van der Waals surface area contributed by atoms with E-state index in [1.165, 1.54) is 11.3 Å². The van der Waals surface area contributed by atoms with E-state index in [0.717, 1.165) is 4.88 Å². The first-order chi connectivity index (χ1) is 5.11. The van der Waals surface area contributed by atoms with E-state index in [4.69, 9.17) is 16.7 Å². The first-order valence-corrected chi connectivity index (χ1v) is 4.28.